The fourth-order valence-electron chi connectivity index (χ4n) is 2.31. The SMILES string of the molecule is O=C(O)Cc1sc(NC(=O)c2ccccc2F)nc1-c1ccc(F)cc1. The number of anilines is 1. The first-order valence-corrected chi connectivity index (χ1v) is 8.29. The first kappa shape index (κ1) is 17.7. The zero-order valence-corrected chi connectivity index (χ0v) is 14.0. The predicted octanol–water partition coefficient (Wildman–Crippen LogP) is 3.97. The average Bonchev–Trinajstić information content (AvgIpc) is 2.97. The van der Waals surface area contributed by atoms with Gasteiger partial charge < -0.3 is 5.11 Å². The summed E-state index contributed by atoms with van der Waals surface area (Å²) >= 11 is 0.976. The summed E-state index contributed by atoms with van der Waals surface area (Å²) < 4.78 is 26.8. The molecule has 0 aliphatic rings. The first-order valence-electron chi connectivity index (χ1n) is 7.47. The topological polar surface area (TPSA) is 79.3 Å². The number of carboxylic acid groups (broad SMARTS) is 1. The van der Waals surface area contributed by atoms with Crippen molar-refractivity contribution in [3.8, 4) is 11.3 Å². The van der Waals surface area contributed by atoms with Crippen LogP contribution in [-0.4, -0.2) is 22.0 Å². The minimum atomic E-state index is -1.07. The van der Waals surface area contributed by atoms with E-state index in [-0.39, 0.29) is 17.1 Å². The number of hydrogen-bond donors (Lipinski definition) is 2. The minimum Gasteiger partial charge on any atom is -0.481 e. The Bertz CT molecular complexity index is 971. The molecular formula is C18H12F2N2O3S. The second kappa shape index (κ2) is 7.40. The van der Waals surface area contributed by atoms with Crippen molar-refractivity contribution in [2.75, 3.05) is 5.32 Å². The van der Waals surface area contributed by atoms with E-state index in [1.165, 1.54) is 42.5 Å². The number of carbonyl (C=O) groups is 2. The normalized spacial score (nSPS) is 10.5. The van der Waals surface area contributed by atoms with Gasteiger partial charge in [0.15, 0.2) is 5.13 Å². The fourth-order valence-corrected chi connectivity index (χ4v) is 3.28. The summed E-state index contributed by atoms with van der Waals surface area (Å²) in [6.45, 7) is 0. The second-order valence-corrected chi connectivity index (χ2v) is 6.39. The quantitative estimate of drug-likeness (QED) is 0.708. The molecule has 5 nitrogen and oxygen atoms in total. The van der Waals surface area contributed by atoms with Crippen molar-refractivity contribution in [2.24, 2.45) is 0 Å². The van der Waals surface area contributed by atoms with Crippen LogP contribution < -0.4 is 5.32 Å². The van der Waals surface area contributed by atoms with Crippen molar-refractivity contribution in [1.82, 2.24) is 4.98 Å². The molecule has 0 aliphatic carbocycles. The van der Waals surface area contributed by atoms with Crippen molar-refractivity contribution < 1.29 is 23.5 Å². The van der Waals surface area contributed by atoms with Crippen LogP contribution >= 0.6 is 11.3 Å². The van der Waals surface area contributed by atoms with Crippen LogP contribution in [0.5, 0.6) is 0 Å². The molecule has 0 saturated heterocycles. The molecule has 26 heavy (non-hydrogen) atoms. The molecule has 2 aromatic carbocycles. The van der Waals surface area contributed by atoms with Crippen LogP contribution in [0.1, 0.15) is 15.2 Å². The molecule has 0 fully saturated rings. The molecule has 0 unspecified atom stereocenters. The second-order valence-electron chi connectivity index (χ2n) is 5.30. The van der Waals surface area contributed by atoms with E-state index in [1.54, 1.807) is 0 Å². The van der Waals surface area contributed by atoms with Gasteiger partial charge in [-0.1, -0.05) is 12.1 Å². The van der Waals surface area contributed by atoms with Gasteiger partial charge in [-0.3, -0.25) is 14.9 Å². The summed E-state index contributed by atoms with van der Waals surface area (Å²) in [5.41, 5.74) is 0.706. The number of thiazole rings is 1. The number of carboxylic acids is 1. The molecule has 0 bridgehead atoms. The zero-order valence-electron chi connectivity index (χ0n) is 13.2. The number of aromatic nitrogens is 1. The van der Waals surface area contributed by atoms with Crippen LogP contribution in [0.3, 0.4) is 0 Å². The lowest BCUT2D eigenvalue weighted by atomic mass is 10.1. The Balaban J connectivity index is 1.93. The number of aliphatic carboxylic acids is 1. The Morgan fingerprint density at radius 1 is 1.08 bits per heavy atom. The third-order valence-corrected chi connectivity index (χ3v) is 4.44. The van der Waals surface area contributed by atoms with E-state index in [0.717, 1.165) is 17.4 Å². The fraction of sp³-hybridized carbons (Fsp3) is 0.0556. The first-order chi connectivity index (χ1) is 12.4. The van der Waals surface area contributed by atoms with E-state index in [9.17, 15) is 18.4 Å². The third-order valence-electron chi connectivity index (χ3n) is 3.47. The Morgan fingerprint density at radius 2 is 1.77 bits per heavy atom. The van der Waals surface area contributed by atoms with E-state index >= 15 is 0 Å². The number of rotatable bonds is 5. The monoisotopic (exact) mass is 374 g/mol. The summed E-state index contributed by atoms with van der Waals surface area (Å²) in [6, 6.07) is 10.9. The Morgan fingerprint density at radius 3 is 2.42 bits per heavy atom. The van der Waals surface area contributed by atoms with Crippen LogP contribution in [-0.2, 0) is 11.2 Å². The molecule has 3 rings (SSSR count). The summed E-state index contributed by atoms with van der Waals surface area (Å²) in [5, 5.41) is 11.7. The number of nitrogens with zero attached hydrogens (tertiary/aromatic N) is 1. The number of nitrogens with one attached hydrogen (secondary N) is 1. The molecule has 1 aromatic heterocycles. The highest BCUT2D eigenvalue weighted by Gasteiger charge is 2.19. The van der Waals surface area contributed by atoms with Gasteiger partial charge >= 0.3 is 5.97 Å². The van der Waals surface area contributed by atoms with Gasteiger partial charge in [0.05, 0.1) is 17.7 Å². The molecular weight excluding hydrogens is 362 g/mol. The van der Waals surface area contributed by atoms with E-state index < -0.39 is 23.5 Å². The van der Waals surface area contributed by atoms with Crippen LogP contribution in [0.15, 0.2) is 48.5 Å². The maximum absolute atomic E-state index is 13.7. The maximum atomic E-state index is 13.7. The maximum Gasteiger partial charge on any atom is 0.308 e. The summed E-state index contributed by atoms with van der Waals surface area (Å²) in [7, 11) is 0. The smallest absolute Gasteiger partial charge is 0.308 e. The van der Waals surface area contributed by atoms with Gasteiger partial charge in [-0.15, -0.1) is 11.3 Å². The van der Waals surface area contributed by atoms with E-state index in [1.807, 2.05) is 0 Å². The Kier molecular flexibility index (Phi) is 5.04. The van der Waals surface area contributed by atoms with Gasteiger partial charge in [0.25, 0.3) is 5.91 Å². The van der Waals surface area contributed by atoms with E-state index in [2.05, 4.69) is 10.3 Å². The van der Waals surface area contributed by atoms with Crippen molar-refractivity contribution >= 4 is 28.3 Å². The summed E-state index contributed by atoms with van der Waals surface area (Å²) in [5.74, 6) is -2.86. The van der Waals surface area contributed by atoms with Gasteiger partial charge in [0, 0.05) is 10.4 Å². The average molecular weight is 374 g/mol. The lowest BCUT2D eigenvalue weighted by Crippen LogP contribution is -2.13. The molecule has 0 saturated carbocycles. The zero-order chi connectivity index (χ0) is 18.7. The van der Waals surface area contributed by atoms with Gasteiger partial charge in [-0.25, -0.2) is 13.8 Å². The van der Waals surface area contributed by atoms with E-state index in [4.69, 9.17) is 5.11 Å². The molecule has 8 heteroatoms. The number of halogens is 2. The lowest BCUT2D eigenvalue weighted by Gasteiger charge is -2.02. The highest BCUT2D eigenvalue weighted by Crippen LogP contribution is 2.32. The molecule has 1 amide bonds. The molecule has 0 spiro atoms. The number of amides is 1. The van der Waals surface area contributed by atoms with Crippen molar-refractivity contribution in [1.29, 1.82) is 0 Å². The van der Waals surface area contributed by atoms with Gasteiger partial charge in [0.2, 0.25) is 0 Å². The predicted molar refractivity (Wildman–Crippen MR) is 93.2 cm³/mol. The lowest BCUT2D eigenvalue weighted by molar-refractivity contribution is -0.136. The van der Waals surface area contributed by atoms with Gasteiger partial charge in [-0.2, -0.15) is 0 Å². The minimum absolute atomic E-state index is 0.133. The highest BCUT2D eigenvalue weighted by atomic mass is 32.1. The van der Waals surface area contributed by atoms with Crippen molar-refractivity contribution in [3.63, 3.8) is 0 Å². The van der Waals surface area contributed by atoms with Crippen LogP contribution in [0.4, 0.5) is 13.9 Å². The number of carbonyl (C=O) groups excluding carboxylic acids is 1. The number of hydrogen-bond acceptors (Lipinski definition) is 4. The Labute approximate surface area is 150 Å². The van der Waals surface area contributed by atoms with Gasteiger partial charge in [0.1, 0.15) is 11.6 Å². The molecule has 0 aliphatic heterocycles. The highest BCUT2D eigenvalue weighted by molar-refractivity contribution is 7.16. The van der Waals surface area contributed by atoms with Crippen LogP contribution in [0.2, 0.25) is 0 Å². The molecule has 1 heterocycles. The van der Waals surface area contributed by atoms with Crippen LogP contribution in [0, 0.1) is 11.6 Å². The molecule has 3 aromatic rings. The largest absolute Gasteiger partial charge is 0.481 e. The standard InChI is InChI=1S/C18H12F2N2O3S/c19-11-7-5-10(6-8-11)16-14(9-15(23)24)26-18(21-16)22-17(25)12-3-1-2-4-13(12)20/h1-8H,9H2,(H,23,24)(H,21,22,25). The molecule has 0 atom stereocenters. The van der Waals surface area contributed by atoms with Crippen LogP contribution in [0.25, 0.3) is 11.3 Å². The number of benzene rings is 2. The molecule has 0 radical (unpaired) electrons. The van der Waals surface area contributed by atoms with Crippen molar-refractivity contribution in [3.05, 3.63) is 70.6 Å². The van der Waals surface area contributed by atoms with Crippen molar-refractivity contribution in [2.45, 2.75) is 6.42 Å². The third kappa shape index (κ3) is 3.92. The summed E-state index contributed by atoms with van der Waals surface area (Å²) in [4.78, 5) is 27.9. The van der Waals surface area contributed by atoms with E-state index in [0.29, 0.717) is 16.1 Å². The molecule has 132 valence electrons. The molecule has 2 N–H and O–H groups in total. The van der Waals surface area contributed by atoms with Gasteiger partial charge in [-0.05, 0) is 36.4 Å². The summed E-state index contributed by atoms with van der Waals surface area (Å²) in [6.07, 6.45) is -0.306. The Hall–Kier alpha value is -3.13.